The van der Waals surface area contributed by atoms with Crippen molar-refractivity contribution >= 4 is 17.6 Å². The molecule has 16 heavy (non-hydrogen) atoms. The van der Waals surface area contributed by atoms with Gasteiger partial charge in [0.25, 0.3) is 0 Å². The van der Waals surface area contributed by atoms with Crippen LogP contribution in [0.25, 0.3) is 0 Å². The van der Waals surface area contributed by atoms with E-state index in [0.29, 0.717) is 16.5 Å². The van der Waals surface area contributed by atoms with Gasteiger partial charge >= 0.3 is 5.97 Å². The van der Waals surface area contributed by atoms with Gasteiger partial charge in [0.15, 0.2) is 5.60 Å². The summed E-state index contributed by atoms with van der Waals surface area (Å²) >= 11 is 5.92. The monoisotopic (exact) mass is 244 g/mol. The van der Waals surface area contributed by atoms with Crippen molar-refractivity contribution in [2.75, 3.05) is 7.11 Å². The number of aliphatic carboxylic acids is 1. The summed E-state index contributed by atoms with van der Waals surface area (Å²) in [6.45, 7) is 2.91. The summed E-state index contributed by atoms with van der Waals surface area (Å²) in [5.41, 5.74) is -1.32. The molecule has 0 radical (unpaired) electrons. The Morgan fingerprint density at radius 1 is 1.44 bits per heavy atom. The van der Waals surface area contributed by atoms with Crippen LogP contribution in [-0.2, 0) is 4.79 Å². The van der Waals surface area contributed by atoms with E-state index in [0.717, 1.165) is 0 Å². The summed E-state index contributed by atoms with van der Waals surface area (Å²) in [5, 5.41) is 9.22. The van der Waals surface area contributed by atoms with Crippen molar-refractivity contribution in [3.05, 3.63) is 23.2 Å². The highest BCUT2D eigenvalue weighted by Gasteiger charge is 2.30. The average molecular weight is 245 g/mol. The number of benzene rings is 1. The Bertz CT molecular complexity index is 401. The van der Waals surface area contributed by atoms with Gasteiger partial charge in [-0.2, -0.15) is 0 Å². The Hall–Kier alpha value is -1.42. The van der Waals surface area contributed by atoms with Crippen LogP contribution in [0.2, 0.25) is 5.02 Å². The lowest BCUT2D eigenvalue weighted by molar-refractivity contribution is -0.152. The molecule has 0 aliphatic rings. The topological polar surface area (TPSA) is 55.8 Å². The summed E-state index contributed by atoms with van der Waals surface area (Å²) in [6.07, 6.45) is 0. The Kier molecular flexibility index (Phi) is 3.65. The summed E-state index contributed by atoms with van der Waals surface area (Å²) in [5.74, 6) is -0.153. The molecule has 4 nitrogen and oxygen atoms in total. The van der Waals surface area contributed by atoms with Crippen molar-refractivity contribution in [1.82, 2.24) is 0 Å². The van der Waals surface area contributed by atoms with E-state index in [1.807, 2.05) is 0 Å². The lowest BCUT2D eigenvalue weighted by Gasteiger charge is -2.22. The zero-order valence-electron chi connectivity index (χ0n) is 9.28. The molecule has 0 amide bonds. The molecule has 0 saturated heterocycles. The predicted octanol–water partition coefficient (Wildman–Crippen LogP) is 2.59. The van der Waals surface area contributed by atoms with Crippen LogP contribution in [0.4, 0.5) is 0 Å². The van der Waals surface area contributed by atoms with Crippen molar-refractivity contribution in [2.45, 2.75) is 19.4 Å². The second kappa shape index (κ2) is 4.61. The van der Waals surface area contributed by atoms with E-state index in [4.69, 9.17) is 26.2 Å². The van der Waals surface area contributed by atoms with E-state index < -0.39 is 11.6 Å². The highest BCUT2D eigenvalue weighted by atomic mass is 35.5. The summed E-state index contributed by atoms with van der Waals surface area (Å²) in [6, 6.07) is 4.79. The molecule has 0 saturated carbocycles. The molecule has 0 aliphatic heterocycles. The van der Waals surface area contributed by atoms with Crippen molar-refractivity contribution in [3.8, 4) is 11.5 Å². The lowest BCUT2D eigenvalue weighted by atomic mass is 10.1. The second-order valence-corrected chi connectivity index (χ2v) is 4.12. The fraction of sp³-hybridized carbons (Fsp3) is 0.364. The van der Waals surface area contributed by atoms with Gasteiger partial charge < -0.3 is 14.6 Å². The number of rotatable bonds is 4. The molecule has 0 spiro atoms. The second-order valence-electron chi connectivity index (χ2n) is 3.71. The number of hydrogen-bond donors (Lipinski definition) is 1. The van der Waals surface area contributed by atoms with Crippen LogP contribution in [0.1, 0.15) is 13.8 Å². The molecule has 0 heterocycles. The molecule has 0 atom stereocenters. The van der Waals surface area contributed by atoms with Crippen LogP contribution in [0.5, 0.6) is 11.5 Å². The smallest absolute Gasteiger partial charge is 0.347 e. The number of carboxylic acid groups (broad SMARTS) is 1. The quantitative estimate of drug-likeness (QED) is 0.885. The van der Waals surface area contributed by atoms with Crippen LogP contribution < -0.4 is 9.47 Å². The third-order valence-corrected chi connectivity index (χ3v) is 2.31. The van der Waals surface area contributed by atoms with Crippen LogP contribution in [0.15, 0.2) is 18.2 Å². The molecule has 0 fully saturated rings. The summed E-state index contributed by atoms with van der Waals surface area (Å²) in [4.78, 5) is 10.9. The molecule has 1 aromatic rings. The van der Waals surface area contributed by atoms with E-state index in [9.17, 15) is 4.79 Å². The maximum absolute atomic E-state index is 10.9. The number of carbonyl (C=O) groups is 1. The molecular weight excluding hydrogens is 232 g/mol. The molecule has 5 heteroatoms. The van der Waals surface area contributed by atoms with Gasteiger partial charge in [-0.15, -0.1) is 0 Å². The molecule has 0 aliphatic carbocycles. The van der Waals surface area contributed by atoms with Crippen LogP contribution in [0.3, 0.4) is 0 Å². The predicted molar refractivity (Wildman–Crippen MR) is 60.3 cm³/mol. The molecule has 0 unspecified atom stereocenters. The fourth-order valence-electron chi connectivity index (χ4n) is 1.01. The van der Waals surface area contributed by atoms with Crippen molar-refractivity contribution in [2.24, 2.45) is 0 Å². The summed E-state index contributed by atoms with van der Waals surface area (Å²) in [7, 11) is 1.52. The SMILES string of the molecule is COc1ccc(OC(C)(C)C(=O)O)c(Cl)c1. The minimum Gasteiger partial charge on any atom is -0.497 e. The maximum Gasteiger partial charge on any atom is 0.347 e. The third kappa shape index (κ3) is 2.79. The van der Waals surface area contributed by atoms with Crippen LogP contribution in [0, 0.1) is 0 Å². The number of carboxylic acids is 1. The fourth-order valence-corrected chi connectivity index (χ4v) is 1.22. The van der Waals surface area contributed by atoms with Gasteiger partial charge in [-0.25, -0.2) is 4.79 Å². The highest BCUT2D eigenvalue weighted by Crippen LogP contribution is 2.31. The summed E-state index contributed by atoms with van der Waals surface area (Å²) < 4.78 is 10.3. The molecular formula is C11H13ClO4. The first-order chi connectivity index (χ1) is 7.36. The number of ether oxygens (including phenoxy) is 2. The zero-order chi connectivity index (χ0) is 12.3. The average Bonchev–Trinajstić information content (AvgIpc) is 2.20. The first kappa shape index (κ1) is 12.6. The molecule has 1 aromatic carbocycles. The molecule has 88 valence electrons. The number of halogens is 1. The van der Waals surface area contributed by atoms with Gasteiger partial charge in [-0.1, -0.05) is 11.6 Å². The first-order valence-electron chi connectivity index (χ1n) is 4.63. The Labute approximate surface area is 98.7 Å². The van der Waals surface area contributed by atoms with E-state index in [2.05, 4.69) is 0 Å². The zero-order valence-corrected chi connectivity index (χ0v) is 10.0. The third-order valence-electron chi connectivity index (χ3n) is 2.02. The van der Waals surface area contributed by atoms with Gasteiger partial charge in [0.05, 0.1) is 12.1 Å². The van der Waals surface area contributed by atoms with Crippen molar-refractivity contribution < 1.29 is 19.4 Å². The van der Waals surface area contributed by atoms with E-state index in [1.54, 1.807) is 18.2 Å². The van der Waals surface area contributed by atoms with Gasteiger partial charge in [-0.05, 0) is 26.0 Å². The van der Waals surface area contributed by atoms with Gasteiger partial charge in [0.2, 0.25) is 0 Å². The molecule has 0 aromatic heterocycles. The maximum atomic E-state index is 10.9. The van der Waals surface area contributed by atoms with Crippen LogP contribution >= 0.6 is 11.6 Å². The Balaban J connectivity index is 2.94. The standard InChI is InChI=1S/C11H13ClO4/c1-11(2,10(13)14)16-9-5-4-7(15-3)6-8(9)12/h4-6H,1-3H3,(H,13,14). The minimum atomic E-state index is -1.32. The molecule has 0 bridgehead atoms. The minimum absolute atomic E-state index is 0.314. The van der Waals surface area contributed by atoms with Gasteiger partial charge in [0, 0.05) is 6.07 Å². The largest absolute Gasteiger partial charge is 0.497 e. The van der Waals surface area contributed by atoms with Crippen molar-refractivity contribution in [1.29, 1.82) is 0 Å². The first-order valence-corrected chi connectivity index (χ1v) is 5.00. The molecule has 1 N–H and O–H groups in total. The van der Waals surface area contributed by atoms with Crippen molar-refractivity contribution in [3.63, 3.8) is 0 Å². The number of methoxy groups -OCH3 is 1. The number of hydrogen-bond acceptors (Lipinski definition) is 3. The highest BCUT2D eigenvalue weighted by molar-refractivity contribution is 6.32. The van der Waals surface area contributed by atoms with Gasteiger partial charge in [0.1, 0.15) is 11.5 Å². The van der Waals surface area contributed by atoms with E-state index in [-0.39, 0.29) is 0 Å². The van der Waals surface area contributed by atoms with Crippen LogP contribution in [-0.4, -0.2) is 23.8 Å². The normalized spacial score (nSPS) is 11.0. The van der Waals surface area contributed by atoms with Gasteiger partial charge in [-0.3, -0.25) is 0 Å². The lowest BCUT2D eigenvalue weighted by Crippen LogP contribution is -2.37. The Morgan fingerprint density at radius 3 is 2.50 bits per heavy atom. The van der Waals surface area contributed by atoms with E-state index in [1.165, 1.54) is 21.0 Å². The Morgan fingerprint density at radius 2 is 2.06 bits per heavy atom. The van der Waals surface area contributed by atoms with E-state index >= 15 is 0 Å². The molecule has 1 rings (SSSR count).